The largest absolute Gasteiger partial charge is 0.481 e. The van der Waals surface area contributed by atoms with Crippen molar-refractivity contribution in [1.82, 2.24) is 0 Å². The molecular weight excluding hydrogens is 182 g/mol. The van der Waals surface area contributed by atoms with Crippen molar-refractivity contribution in [2.75, 3.05) is 11.5 Å². The number of carboxylic acid groups (broad SMARTS) is 1. The van der Waals surface area contributed by atoms with E-state index in [0.29, 0.717) is 0 Å². The summed E-state index contributed by atoms with van der Waals surface area (Å²) in [5, 5.41) is 8.41. The van der Waals surface area contributed by atoms with Crippen LogP contribution in [0.5, 0.6) is 0 Å². The molecule has 0 spiro atoms. The van der Waals surface area contributed by atoms with Gasteiger partial charge in [0.25, 0.3) is 0 Å². The van der Waals surface area contributed by atoms with E-state index >= 15 is 0 Å². The summed E-state index contributed by atoms with van der Waals surface area (Å²) in [7, 11) is -3.08. The third kappa shape index (κ3) is 2.18. The first-order valence-corrected chi connectivity index (χ1v) is 5.40. The zero-order valence-electron chi connectivity index (χ0n) is 6.43. The lowest BCUT2D eigenvalue weighted by molar-refractivity contribution is -0.138. The van der Waals surface area contributed by atoms with E-state index < -0.39 is 27.8 Å². The van der Waals surface area contributed by atoms with Gasteiger partial charge in [0.2, 0.25) is 0 Å². The van der Waals surface area contributed by atoms with Crippen molar-refractivity contribution in [3.05, 3.63) is 0 Å². The molecule has 3 N–H and O–H groups in total. The van der Waals surface area contributed by atoms with Gasteiger partial charge in [0.15, 0.2) is 9.84 Å². The van der Waals surface area contributed by atoms with Crippen LogP contribution >= 0.6 is 0 Å². The second-order valence-electron chi connectivity index (χ2n) is 3.10. The highest BCUT2D eigenvalue weighted by Gasteiger charge is 2.36. The van der Waals surface area contributed by atoms with Crippen molar-refractivity contribution in [3.63, 3.8) is 0 Å². The van der Waals surface area contributed by atoms with Crippen LogP contribution in [0.2, 0.25) is 0 Å². The Hall–Kier alpha value is -0.620. The van der Waals surface area contributed by atoms with E-state index in [4.69, 9.17) is 10.8 Å². The molecule has 0 aliphatic carbocycles. The maximum Gasteiger partial charge on any atom is 0.303 e. The zero-order chi connectivity index (χ0) is 9.35. The predicted molar refractivity (Wildman–Crippen MR) is 42.4 cm³/mol. The van der Waals surface area contributed by atoms with Crippen LogP contribution in [0, 0.1) is 5.92 Å². The Morgan fingerprint density at radius 1 is 1.50 bits per heavy atom. The Morgan fingerprint density at radius 2 is 2.08 bits per heavy atom. The molecule has 2 unspecified atom stereocenters. The molecular formula is C6H11NO4S. The molecule has 70 valence electrons. The average molecular weight is 193 g/mol. The molecule has 0 saturated carbocycles. The van der Waals surface area contributed by atoms with E-state index in [0.717, 1.165) is 0 Å². The molecule has 5 nitrogen and oxygen atoms in total. The van der Waals surface area contributed by atoms with Gasteiger partial charge in [-0.3, -0.25) is 4.79 Å². The summed E-state index contributed by atoms with van der Waals surface area (Å²) in [4.78, 5) is 10.3. The standard InChI is InChI=1S/C6H11NO4S/c7-5-3-12(10,11)2-4(5)1-6(8)9/h4-5H,1-3,7H2,(H,8,9). The molecule has 0 radical (unpaired) electrons. The molecule has 0 aromatic heterocycles. The lowest BCUT2D eigenvalue weighted by Gasteiger charge is -2.08. The van der Waals surface area contributed by atoms with E-state index in [1.165, 1.54) is 0 Å². The van der Waals surface area contributed by atoms with Crippen molar-refractivity contribution >= 4 is 15.8 Å². The number of nitrogens with two attached hydrogens (primary N) is 1. The number of carbonyl (C=O) groups is 1. The summed E-state index contributed by atoms with van der Waals surface area (Å²) in [6.07, 6.45) is -0.152. The van der Waals surface area contributed by atoms with Gasteiger partial charge in [0, 0.05) is 6.04 Å². The highest BCUT2D eigenvalue weighted by Crippen LogP contribution is 2.20. The van der Waals surface area contributed by atoms with Gasteiger partial charge < -0.3 is 10.8 Å². The van der Waals surface area contributed by atoms with Crippen LogP contribution in [0.25, 0.3) is 0 Å². The van der Waals surface area contributed by atoms with Crippen molar-refractivity contribution in [1.29, 1.82) is 0 Å². The van der Waals surface area contributed by atoms with Crippen LogP contribution in [0.1, 0.15) is 6.42 Å². The highest BCUT2D eigenvalue weighted by atomic mass is 32.2. The molecule has 0 bridgehead atoms. The fraction of sp³-hybridized carbons (Fsp3) is 0.833. The fourth-order valence-electron chi connectivity index (χ4n) is 1.38. The van der Waals surface area contributed by atoms with Gasteiger partial charge in [-0.05, 0) is 5.92 Å². The maximum absolute atomic E-state index is 11.0. The first kappa shape index (κ1) is 9.47. The molecule has 12 heavy (non-hydrogen) atoms. The van der Waals surface area contributed by atoms with E-state index in [1.54, 1.807) is 0 Å². The summed E-state index contributed by atoms with van der Waals surface area (Å²) >= 11 is 0. The summed E-state index contributed by atoms with van der Waals surface area (Å²) in [5.41, 5.74) is 5.46. The minimum Gasteiger partial charge on any atom is -0.481 e. The van der Waals surface area contributed by atoms with Gasteiger partial charge in [-0.1, -0.05) is 0 Å². The molecule has 1 aliphatic rings. The molecule has 2 atom stereocenters. The second-order valence-corrected chi connectivity index (χ2v) is 5.25. The van der Waals surface area contributed by atoms with Gasteiger partial charge in [0.05, 0.1) is 17.9 Å². The van der Waals surface area contributed by atoms with Crippen molar-refractivity contribution in [2.45, 2.75) is 12.5 Å². The van der Waals surface area contributed by atoms with E-state index in [1.807, 2.05) is 0 Å². The number of sulfone groups is 1. The first-order valence-electron chi connectivity index (χ1n) is 3.58. The summed E-state index contributed by atoms with van der Waals surface area (Å²) in [6, 6.07) is -0.508. The SMILES string of the molecule is NC1CS(=O)(=O)CC1CC(=O)O. The normalized spacial score (nSPS) is 33.4. The molecule has 0 aromatic carbocycles. The fourth-order valence-corrected chi connectivity index (χ4v) is 3.39. The Morgan fingerprint density at radius 3 is 2.42 bits per heavy atom. The molecule has 1 saturated heterocycles. The van der Waals surface area contributed by atoms with Crippen molar-refractivity contribution in [3.8, 4) is 0 Å². The van der Waals surface area contributed by atoms with Gasteiger partial charge in [0.1, 0.15) is 0 Å². The Bertz CT molecular complexity index is 284. The van der Waals surface area contributed by atoms with Gasteiger partial charge in [-0.25, -0.2) is 8.42 Å². The molecule has 1 heterocycles. The van der Waals surface area contributed by atoms with Gasteiger partial charge in [-0.2, -0.15) is 0 Å². The summed E-state index contributed by atoms with van der Waals surface area (Å²) in [5.74, 6) is -1.56. The van der Waals surface area contributed by atoms with Crippen molar-refractivity contribution in [2.24, 2.45) is 11.7 Å². The minimum atomic E-state index is -3.08. The zero-order valence-corrected chi connectivity index (χ0v) is 7.25. The number of hydrogen-bond donors (Lipinski definition) is 2. The predicted octanol–water partition coefficient (Wildman–Crippen LogP) is -1.17. The molecule has 0 aromatic rings. The van der Waals surface area contributed by atoms with Crippen LogP contribution in [0.15, 0.2) is 0 Å². The van der Waals surface area contributed by atoms with Crippen LogP contribution in [0.4, 0.5) is 0 Å². The summed E-state index contributed by atoms with van der Waals surface area (Å²) < 4.78 is 21.9. The first-order chi connectivity index (χ1) is 5.41. The number of aliphatic carboxylic acids is 1. The van der Waals surface area contributed by atoms with Crippen LogP contribution in [0.3, 0.4) is 0 Å². The molecule has 1 aliphatic heterocycles. The monoisotopic (exact) mass is 193 g/mol. The molecule has 6 heteroatoms. The number of carboxylic acids is 1. The molecule has 1 rings (SSSR count). The van der Waals surface area contributed by atoms with Crippen molar-refractivity contribution < 1.29 is 18.3 Å². The Balaban J connectivity index is 2.64. The lowest BCUT2D eigenvalue weighted by Crippen LogP contribution is -2.30. The minimum absolute atomic E-state index is 0.0784. The van der Waals surface area contributed by atoms with Gasteiger partial charge >= 0.3 is 5.97 Å². The molecule has 0 amide bonds. The highest BCUT2D eigenvalue weighted by molar-refractivity contribution is 7.91. The van der Waals surface area contributed by atoms with E-state index in [9.17, 15) is 13.2 Å². The third-order valence-electron chi connectivity index (χ3n) is 1.96. The van der Waals surface area contributed by atoms with Gasteiger partial charge in [-0.15, -0.1) is 0 Å². The van der Waals surface area contributed by atoms with Crippen LogP contribution in [-0.2, 0) is 14.6 Å². The number of rotatable bonds is 2. The lowest BCUT2D eigenvalue weighted by atomic mass is 10.0. The second kappa shape index (κ2) is 3.02. The molecule has 1 fully saturated rings. The third-order valence-corrected chi connectivity index (χ3v) is 3.79. The quantitative estimate of drug-likeness (QED) is 0.576. The Kier molecular flexibility index (Phi) is 2.39. The Labute approximate surface area is 70.5 Å². The van der Waals surface area contributed by atoms with E-state index in [-0.39, 0.29) is 17.9 Å². The van der Waals surface area contributed by atoms with E-state index in [2.05, 4.69) is 0 Å². The topological polar surface area (TPSA) is 97.5 Å². The summed E-state index contributed by atoms with van der Waals surface area (Å²) in [6.45, 7) is 0. The van der Waals surface area contributed by atoms with Crippen LogP contribution < -0.4 is 5.73 Å². The number of hydrogen-bond acceptors (Lipinski definition) is 4. The van der Waals surface area contributed by atoms with Crippen LogP contribution in [-0.4, -0.2) is 37.0 Å². The maximum atomic E-state index is 11.0. The smallest absolute Gasteiger partial charge is 0.303 e. The average Bonchev–Trinajstić information content (AvgIpc) is 2.03.